The number of rotatable bonds is 5. The van der Waals surface area contributed by atoms with Gasteiger partial charge in [-0.05, 0) is 24.3 Å². The maximum atomic E-state index is 11.8. The van der Waals surface area contributed by atoms with Crippen molar-refractivity contribution in [2.24, 2.45) is 0 Å². The summed E-state index contributed by atoms with van der Waals surface area (Å²) in [7, 11) is 0. The Balaban J connectivity index is 0.000000192. The molecule has 0 aromatic heterocycles. The molecule has 0 heterocycles. The highest BCUT2D eigenvalue weighted by Gasteiger charge is 2.23. The van der Waals surface area contributed by atoms with Gasteiger partial charge in [-0.3, -0.25) is 19.3 Å². The van der Waals surface area contributed by atoms with Crippen LogP contribution in [0, 0.1) is 0 Å². The Morgan fingerprint density at radius 1 is 0.471 bits per heavy atom. The smallest absolute Gasteiger partial charge is 0.395 e. The second kappa shape index (κ2) is 11.7. The minimum Gasteiger partial charge on any atom is -0.474 e. The number of carboxylic acids is 1. The first-order valence-electron chi connectivity index (χ1n) is 10.4. The van der Waals surface area contributed by atoms with Gasteiger partial charge in [-0.1, -0.05) is 97.1 Å². The highest BCUT2D eigenvalue weighted by molar-refractivity contribution is 6.49. The molecule has 0 bridgehead atoms. The number of carbonyl (C=O) groups excluding carboxylic acids is 3. The molecule has 0 atom stereocenters. The second-order valence-corrected chi connectivity index (χ2v) is 7.01. The van der Waals surface area contributed by atoms with Crippen molar-refractivity contribution in [2.75, 3.05) is 4.90 Å². The van der Waals surface area contributed by atoms with Gasteiger partial charge >= 0.3 is 11.9 Å². The molecule has 6 heteroatoms. The average molecular weight is 451 g/mol. The number of carboxylic acid groups (broad SMARTS) is 1. The van der Waals surface area contributed by atoms with Crippen LogP contribution in [0.3, 0.4) is 0 Å². The summed E-state index contributed by atoms with van der Waals surface area (Å²) in [6.45, 7) is 0. The predicted octanol–water partition coefficient (Wildman–Crippen LogP) is 5.19. The number of nitrogens with zero attached hydrogens (tertiary/aromatic N) is 1. The van der Waals surface area contributed by atoms with Gasteiger partial charge in [0.1, 0.15) is 0 Å². The van der Waals surface area contributed by atoms with Gasteiger partial charge in [-0.2, -0.15) is 0 Å². The number of benzene rings is 4. The Kier molecular flexibility index (Phi) is 8.19. The Morgan fingerprint density at radius 3 is 1.06 bits per heavy atom. The van der Waals surface area contributed by atoms with E-state index in [4.69, 9.17) is 5.11 Å². The van der Waals surface area contributed by atoms with E-state index in [1.54, 1.807) is 109 Å². The fourth-order valence-corrected chi connectivity index (χ4v) is 3.07. The van der Waals surface area contributed by atoms with Crippen LogP contribution in [-0.2, 0) is 9.59 Å². The average Bonchev–Trinajstić information content (AvgIpc) is 2.90. The van der Waals surface area contributed by atoms with E-state index in [-0.39, 0.29) is 0 Å². The maximum Gasteiger partial charge on any atom is 0.395 e. The number of hydrogen-bond acceptors (Lipinski definition) is 4. The second-order valence-electron chi connectivity index (χ2n) is 7.01. The third-order valence-corrected chi connectivity index (χ3v) is 4.69. The first kappa shape index (κ1) is 23.8. The highest BCUT2D eigenvalue weighted by Crippen LogP contribution is 2.24. The largest absolute Gasteiger partial charge is 0.474 e. The fraction of sp³-hybridized carbons (Fsp3) is 0. The van der Waals surface area contributed by atoms with Crippen LogP contribution >= 0.6 is 0 Å². The van der Waals surface area contributed by atoms with E-state index in [2.05, 4.69) is 0 Å². The molecule has 0 fully saturated rings. The van der Waals surface area contributed by atoms with E-state index in [1.807, 2.05) is 12.1 Å². The molecule has 0 aliphatic carbocycles. The number of aliphatic carboxylic acids is 1. The Morgan fingerprint density at radius 2 is 0.765 bits per heavy atom. The lowest BCUT2D eigenvalue weighted by molar-refractivity contribution is -0.148. The molecule has 1 amide bonds. The molecule has 0 spiro atoms. The van der Waals surface area contributed by atoms with Crippen molar-refractivity contribution >= 4 is 34.8 Å². The van der Waals surface area contributed by atoms with Crippen molar-refractivity contribution in [3.8, 4) is 0 Å². The van der Waals surface area contributed by atoms with Crippen LogP contribution < -0.4 is 4.90 Å². The molecule has 0 aliphatic heterocycles. The van der Waals surface area contributed by atoms with Crippen molar-refractivity contribution in [2.45, 2.75) is 0 Å². The molecule has 4 aromatic rings. The molecule has 0 saturated carbocycles. The number of amides is 1. The molecular formula is C28H21NO5. The van der Waals surface area contributed by atoms with Crippen LogP contribution in [0.4, 0.5) is 11.4 Å². The van der Waals surface area contributed by atoms with Crippen LogP contribution in [-0.4, -0.2) is 28.5 Å². The molecule has 4 aromatic carbocycles. The molecule has 1 N–H and O–H groups in total. The molecule has 168 valence electrons. The van der Waals surface area contributed by atoms with Crippen LogP contribution in [0.1, 0.15) is 20.7 Å². The summed E-state index contributed by atoms with van der Waals surface area (Å²) >= 11 is 0. The first-order valence-corrected chi connectivity index (χ1v) is 10.4. The van der Waals surface area contributed by atoms with Crippen molar-refractivity contribution < 1.29 is 24.3 Å². The van der Waals surface area contributed by atoms with Crippen LogP contribution in [0.2, 0.25) is 0 Å². The molecule has 0 unspecified atom stereocenters. The third kappa shape index (κ3) is 6.11. The predicted molar refractivity (Wildman–Crippen MR) is 129 cm³/mol. The molecule has 4 rings (SSSR count). The number of hydrogen-bond donors (Lipinski definition) is 1. The number of Topliss-reactive ketones (excluding diaryl/α,β-unsaturated/α-hetero) is 2. The number of ketones is 2. The molecule has 0 saturated heterocycles. The summed E-state index contributed by atoms with van der Waals surface area (Å²) in [4.78, 5) is 47.4. The van der Waals surface area contributed by atoms with Crippen LogP contribution in [0.15, 0.2) is 121 Å². The first-order chi connectivity index (χ1) is 16.5. The standard InChI is InChI=1S/C14H11NO3.C14H10O2/c16-13(14(17)18)15(11-7-3-1-4-8-11)12-9-5-2-6-10-12;15-13(11-7-3-1-4-8-11)14(16)12-9-5-2-6-10-12/h1-10H,(H,17,18);1-10H. The van der Waals surface area contributed by atoms with Crippen molar-refractivity contribution in [3.05, 3.63) is 132 Å². The number of anilines is 2. The van der Waals surface area contributed by atoms with E-state index < -0.39 is 23.4 Å². The van der Waals surface area contributed by atoms with Crippen molar-refractivity contribution in [3.63, 3.8) is 0 Å². The Bertz CT molecular complexity index is 1170. The van der Waals surface area contributed by atoms with E-state index in [9.17, 15) is 19.2 Å². The van der Waals surface area contributed by atoms with E-state index in [0.717, 1.165) is 0 Å². The molecule has 0 aliphatic rings. The van der Waals surface area contributed by atoms with Crippen molar-refractivity contribution in [1.82, 2.24) is 0 Å². The summed E-state index contributed by atoms with van der Waals surface area (Å²) in [5.74, 6) is -3.39. The fourth-order valence-electron chi connectivity index (χ4n) is 3.07. The lowest BCUT2D eigenvalue weighted by atomic mass is 10.0. The SMILES string of the molecule is O=C(C(=O)c1ccccc1)c1ccccc1.O=C(O)C(=O)N(c1ccccc1)c1ccccc1. The number of carbonyl (C=O) groups is 4. The lowest BCUT2D eigenvalue weighted by Crippen LogP contribution is -2.32. The summed E-state index contributed by atoms with van der Waals surface area (Å²) in [6, 6.07) is 34.5. The minimum absolute atomic E-state index is 0.427. The monoisotopic (exact) mass is 451 g/mol. The lowest BCUT2D eigenvalue weighted by Gasteiger charge is -2.20. The van der Waals surface area contributed by atoms with Crippen LogP contribution in [0.25, 0.3) is 0 Å². The van der Waals surface area contributed by atoms with E-state index in [0.29, 0.717) is 22.5 Å². The zero-order valence-electron chi connectivity index (χ0n) is 18.1. The van der Waals surface area contributed by atoms with Crippen molar-refractivity contribution in [1.29, 1.82) is 0 Å². The van der Waals surface area contributed by atoms with Crippen LogP contribution in [0.5, 0.6) is 0 Å². The molecule has 6 nitrogen and oxygen atoms in total. The van der Waals surface area contributed by atoms with E-state index >= 15 is 0 Å². The normalized spacial score (nSPS) is 9.76. The minimum atomic E-state index is -1.48. The maximum absolute atomic E-state index is 11.8. The Hall–Kier alpha value is -4.84. The zero-order valence-corrected chi connectivity index (χ0v) is 18.1. The summed E-state index contributed by atoms with van der Waals surface area (Å²) in [5.41, 5.74) is 1.90. The highest BCUT2D eigenvalue weighted by atomic mass is 16.4. The van der Waals surface area contributed by atoms with Gasteiger partial charge in [0, 0.05) is 22.5 Å². The van der Waals surface area contributed by atoms with Gasteiger partial charge in [0.25, 0.3) is 0 Å². The quantitative estimate of drug-likeness (QED) is 0.333. The van der Waals surface area contributed by atoms with E-state index in [1.165, 1.54) is 4.90 Å². The molecular weight excluding hydrogens is 430 g/mol. The topological polar surface area (TPSA) is 91.7 Å². The van der Waals surface area contributed by atoms with Gasteiger partial charge in [-0.15, -0.1) is 0 Å². The van der Waals surface area contributed by atoms with Gasteiger partial charge in [0.2, 0.25) is 11.6 Å². The summed E-state index contributed by atoms with van der Waals surface area (Å²) in [5, 5.41) is 8.88. The zero-order chi connectivity index (χ0) is 24.3. The summed E-state index contributed by atoms with van der Waals surface area (Å²) in [6.07, 6.45) is 0. The van der Waals surface area contributed by atoms with Gasteiger partial charge in [-0.25, -0.2) is 4.79 Å². The van der Waals surface area contributed by atoms with Gasteiger partial charge in [0.05, 0.1) is 0 Å². The molecule has 34 heavy (non-hydrogen) atoms. The summed E-state index contributed by atoms with van der Waals surface area (Å²) < 4.78 is 0. The van der Waals surface area contributed by atoms with Gasteiger partial charge < -0.3 is 5.11 Å². The Labute approximate surface area is 196 Å². The van der Waals surface area contributed by atoms with Gasteiger partial charge in [0.15, 0.2) is 0 Å². The molecule has 0 radical (unpaired) electrons. The number of para-hydroxylation sites is 2. The third-order valence-electron chi connectivity index (χ3n) is 4.69.